The van der Waals surface area contributed by atoms with Crippen LogP contribution in [0.3, 0.4) is 0 Å². The van der Waals surface area contributed by atoms with Crippen molar-refractivity contribution in [2.45, 2.75) is 93.5 Å². The molecule has 3 atom stereocenters. The van der Waals surface area contributed by atoms with Gasteiger partial charge in [-0.05, 0) is 62.1 Å². The number of likely N-dealkylation sites (N-methyl/N-ethyl adjacent to an activating group) is 1. The Bertz CT molecular complexity index is 1370. The predicted molar refractivity (Wildman–Crippen MR) is 161 cm³/mol. The van der Waals surface area contributed by atoms with E-state index in [1.54, 1.807) is 30.1 Å². The maximum absolute atomic E-state index is 15.9. The highest BCUT2D eigenvalue weighted by Crippen LogP contribution is 2.67. The number of rotatable bonds is 9. The standard InChI is InChI=1S/C33H37Cl2FN2O3/c1-3-4-5-6-7-8-12-20-38-26-21-22(34)16-17-24(26)33(31(38)41)27(23-14-13-15-25(35)28(23)36)29(30(39)40)37(2)32(33)18-10-9-11-19-32/h1,13-17,21,27,29H,4-12,18-20H2,2H3,(H,39,40)/t27-,29+,33?/m0/s1. The second-order valence-electron chi connectivity index (χ2n) is 11.8. The number of benzene rings is 2. The smallest absolute Gasteiger partial charge is 0.321 e. The maximum Gasteiger partial charge on any atom is 0.321 e. The van der Waals surface area contributed by atoms with Gasteiger partial charge in [0.25, 0.3) is 0 Å². The second-order valence-corrected chi connectivity index (χ2v) is 12.6. The van der Waals surface area contributed by atoms with E-state index in [2.05, 4.69) is 5.92 Å². The summed E-state index contributed by atoms with van der Waals surface area (Å²) in [6.45, 7) is 0.478. The predicted octanol–water partition coefficient (Wildman–Crippen LogP) is 7.58. The first kappa shape index (κ1) is 29.9. The van der Waals surface area contributed by atoms with Crippen LogP contribution in [-0.4, -0.2) is 47.1 Å². The van der Waals surface area contributed by atoms with Gasteiger partial charge in [0.15, 0.2) is 0 Å². The van der Waals surface area contributed by atoms with Crippen molar-refractivity contribution >= 4 is 40.8 Å². The van der Waals surface area contributed by atoms with E-state index in [-0.39, 0.29) is 16.5 Å². The molecule has 2 heterocycles. The highest BCUT2D eigenvalue weighted by atomic mass is 35.5. The molecule has 2 aromatic rings. The molecule has 1 saturated heterocycles. The number of halogens is 3. The molecule has 0 bridgehead atoms. The molecule has 2 aromatic carbocycles. The van der Waals surface area contributed by atoms with Gasteiger partial charge in [-0.2, -0.15) is 0 Å². The number of carboxylic acid groups (broad SMARTS) is 1. The number of nitrogens with zero attached hydrogens (tertiary/aromatic N) is 2. The van der Waals surface area contributed by atoms with Gasteiger partial charge in [0.05, 0.1) is 5.02 Å². The topological polar surface area (TPSA) is 60.9 Å². The van der Waals surface area contributed by atoms with E-state index in [1.807, 2.05) is 17.0 Å². The van der Waals surface area contributed by atoms with E-state index in [1.165, 1.54) is 6.07 Å². The minimum Gasteiger partial charge on any atom is -0.480 e. The Morgan fingerprint density at radius 3 is 2.51 bits per heavy atom. The number of fused-ring (bicyclic) bond motifs is 3. The summed E-state index contributed by atoms with van der Waals surface area (Å²) in [5, 5.41) is 11.1. The highest BCUT2D eigenvalue weighted by molar-refractivity contribution is 6.31. The van der Waals surface area contributed by atoms with E-state index in [9.17, 15) is 9.90 Å². The average molecular weight is 600 g/mol. The van der Waals surface area contributed by atoms with Gasteiger partial charge in [0.2, 0.25) is 5.91 Å². The summed E-state index contributed by atoms with van der Waals surface area (Å²) in [4.78, 5) is 31.9. The first-order chi connectivity index (χ1) is 19.7. The van der Waals surface area contributed by atoms with Crippen molar-refractivity contribution in [1.29, 1.82) is 0 Å². The summed E-state index contributed by atoms with van der Waals surface area (Å²) < 4.78 is 15.9. The van der Waals surface area contributed by atoms with Crippen LogP contribution >= 0.6 is 23.2 Å². The molecule has 1 aliphatic carbocycles. The Hall–Kier alpha value is -2.59. The number of hydrogen-bond donors (Lipinski definition) is 1. The van der Waals surface area contributed by atoms with Crippen LogP contribution < -0.4 is 4.90 Å². The number of terminal acetylenes is 1. The summed E-state index contributed by atoms with van der Waals surface area (Å²) in [6, 6.07) is 9.02. The lowest BCUT2D eigenvalue weighted by Gasteiger charge is -2.50. The van der Waals surface area contributed by atoms with E-state index in [0.29, 0.717) is 30.1 Å². The summed E-state index contributed by atoms with van der Waals surface area (Å²) in [6.07, 6.45) is 14.9. The number of carbonyl (C=O) groups excluding carboxylic acids is 1. The maximum atomic E-state index is 15.9. The van der Waals surface area contributed by atoms with Crippen molar-refractivity contribution < 1.29 is 19.1 Å². The van der Waals surface area contributed by atoms with Crippen molar-refractivity contribution in [3.05, 3.63) is 63.4 Å². The third kappa shape index (κ3) is 4.65. The van der Waals surface area contributed by atoms with Crippen LogP contribution in [0.15, 0.2) is 36.4 Å². The minimum atomic E-state index is -1.32. The van der Waals surface area contributed by atoms with Crippen LogP contribution in [0.5, 0.6) is 0 Å². The lowest BCUT2D eigenvalue weighted by Crippen LogP contribution is -2.61. The molecule has 5 nitrogen and oxygen atoms in total. The SMILES string of the molecule is C#CCCCCCCCN1C(=O)C2(c3ccc(Cl)cc31)[C@@H](c1cccc(Cl)c1F)[C@H](C(=O)O)N(C)C21CCCCC1. The Balaban J connectivity index is 1.68. The zero-order chi connectivity index (χ0) is 29.4. The number of hydrogen-bond acceptors (Lipinski definition) is 3. The summed E-state index contributed by atoms with van der Waals surface area (Å²) >= 11 is 12.8. The average Bonchev–Trinajstić information content (AvgIpc) is 3.32. The molecular weight excluding hydrogens is 562 g/mol. The van der Waals surface area contributed by atoms with Crippen molar-refractivity contribution in [1.82, 2.24) is 4.90 Å². The monoisotopic (exact) mass is 598 g/mol. The van der Waals surface area contributed by atoms with Crippen LogP contribution in [0.4, 0.5) is 10.1 Å². The fraction of sp³-hybridized carbons (Fsp3) is 0.515. The van der Waals surface area contributed by atoms with Crippen LogP contribution in [-0.2, 0) is 15.0 Å². The van der Waals surface area contributed by atoms with Crippen LogP contribution in [0.2, 0.25) is 10.0 Å². The number of aliphatic carboxylic acids is 1. The van der Waals surface area contributed by atoms with Crippen molar-refractivity contribution in [3.63, 3.8) is 0 Å². The van der Waals surface area contributed by atoms with Gasteiger partial charge in [-0.3, -0.25) is 14.5 Å². The third-order valence-electron chi connectivity index (χ3n) is 9.82. The normalized spacial score (nSPS) is 25.1. The third-order valence-corrected chi connectivity index (χ3v) is 10.3. The Morgan fingerprint density at radius 1 is 1.10 bits per heavy atom. The lowest BCUT2D eigenvalue weighted by molar-refractivity contribution is -0.143. The van der Waals surface area contributed by atoms with Crippen LogP contribution in [0, 0.1) is 18.2 Å². The number of carbonyl (C=O) groups is 2. The van der Waals surface area contributed by atoms with Crippen LogP contribution in [0.1, 0.15) is 87.7 Å². The molecule has 1 saturated carbocycles. The number of amides is 1. The number of anilines is 1. The first-order valence-corrected chi connectivity index (χ1v) is 15.4. The number of likely N-dealkylation sites (tertiary alicyclic amines) is 1. The zero-order valence-corrected chi connectivity index (χ0v) is 25.0. The Labute approximate surface area is 252 Å². The molecule has 1 amide bonds. The van der Waals surface area contributed by atoms with Gasteiger partial charge in [0, 0.05) is 35.1 Å². The van der Waals surface area contributed by atoms with E-state index >= 15 is 9.18 Å². The molecule has 218 valence electrons. The van der Waals surface area contributed by atoms with Gasteiger partial charge in [-0.15, -0.1) is 12.3 Å². The van der Waals surface area contributed by atoms with Gasteiger partial charge in [-0.25, -0.2) is 4.39 Å². The molecule has 1 unspecified atom stereocenters. The molecule has 5 rings (SSSR count). The fourth-order valence-corrected chi connectivity index (χ4v) is 8.50. The van der Waals surface area contributed by atoms with Crippen molar-refractivity contribution in [2.24, 2.45) is 0 Å². The second kappa shape index (κ2) is 12.0. The first-order valence-electron chi connectivity index (χ1n) is 14.7. The van der Waals surface area contributed by atoms with Crippen LogP contribution in [0.25, 0.3) is 0 Å². The molecule has 2 fully saturated rings. The molecule has 41 heavy (non-hydrogen) atoms. The largest absolute Gasteiger partial charge is 0.480 e. The molecule has 2 aliphatic heterocycles. The highest BCUT2D eigenvalue weighted by Gasteiger charge is 2.76. The van der Waals surface area contributed by atoms with Crippen molar-refractivity contribution in [3.8, 4) is 12.3 Å². The number of carboxylic acids is 1. The summed E-state index contributed by atoms with van der Waals surface area (Å²) in [5.74, 6) is -0.214. The number of unbranched alkanes of at least 4 members (excludes halogenated alkanes) is 5. The molecular formula is C33H37Cl2FN2O3. The molecule has 0 aromatic heterocycles. The van der Waals surface area contributed by atoms with Gasteiger partial charge in [-0.1, -0.05) is 79.9 Å². The van der Waals surface area contributed by atoms with Crippen molar-refractivity contribution in [2.75, 3.05) is 18.5 Å². The van der Waals surface area contributed by atoms with E-state index in [4.69, 9.17) is 29.6 Å². The lowest BCUT2D eigenvalue weighted by atomic mass is 9.55. The molecule has 0 radical (unpaired) electrons. The zero-order valence-electron chi connectivity index (χ0n) is 23.5. The molecule has 1 N–H and O–H groups in total. The van der Waals surface area contributed by atoms with E-state index in [0.717, 1.165) is 63.4 Å². The molecule has 8 heteroatoms. The molecule has 3 aliphatic rings. The Kier molecular flexibility index (Phi) is 8.71. The quantitative estimate of drug-likeness (QED) is 0.239. The summed E-state index contributed by atoms with van der Waals surface area (Å²) in [7, 11) is 1.80. The van der Waals surface area contributed by atoms with Gasteiger partial charge in [0.1, 0.15) is 17.3 Å². The van der Waals surface area contributed by atoms with Gasteiger partial charge >= 0.3 is 5.97 Å². The minimum absolute atomic E-state index is 0.0856. The fourth-order valence-electron chi connectivity index (χ4n) is 8.15. The molecule has 2 spiro atoms. The summed E-state index contributed by atoms with van der Waals surface area (Å²) in [5.41, 5.74) is -0.515. The Morgan fingerprint density at radius 2 is 1.80 bits per heavy atom. The van der Waals surface area contributed by atoms with E-state index < -0.39 is 34.7 Å². The van der Waals surface area contributed by atoms with Gasteiger partial charge < -0.3 is 10.0 Å².